The topological polar surface area (TPSA) is 38.5 Å². The molecule has 3 heteroatoms. The lowest BCUT2D eigenvalue weighted by atomic mass is 10.1. The zero-order valence-electron chi connectivity index (χ0n) is 8.34. The predicted molar refractivity (Wildman–Crippen MR) is 50.1 cm³/mol. The van der Waals surface area contributed by atoms with Crippen LogP contribution in [0.5, 0.6) is 0 Å². The van der Waals surface area contributed by atoms with E-state index in [9.17, 15) is 0 Å². The lowest BCUT2D eigenvalue weighted by molar-refractivity contribution is -0.00754. The Morgan fingerprint density at radius 3 is 2.75 bits per heavy atom. The van der Waals surface area contributed by atoms with E-state index in [0.29, 0.717) is 6.04 Å². The summed E-state index contributed by atoms with van der Waals surface area (Å²) in [6, 6.07) is 0.515. The maximum atomic E-state index is 5.95. The highest BCUT2D eigenvalue weighted by atomic mass is 16.5. The van der Waals surface area contributed by atoms with Gasteiger partial charge in [-0.2, -0.15) is 0 Å². The standard InChI is InChI=1S/C9H20N2O/c1-8-6-12-5-4-11(8)7-9(2,3)10/h8H,4-7,10H2,1-3H3. The number of hydrogen-bond acceptors (Lipinski definition) is 3. The van der Waals surface area contributed by atoms with Crippen molar-refractivity contribution in [2.24, 2.45) is 5.73 Å². The van der Waals surface area contributed by atoms with Crippen molar-refractivity contribution in [3.8, 4) is 0 Å². The zero-order valence-corrected chi connectivity index (χ0v) is 8.34. The molecule has 1 unspecified atom stereocenters. The van der Waals surface area contributed by atoms with E-state index in [0.717, 1.165) is 26.3 Å². The zero-order chi connectivity index (χ0) is 9.19. The molecule has 0 radical (unpaired) electrons. The third-order valence-corrected chi connectivity index (χ3v) is 2.12. The van der Waals surface area contributed by atoms with Gasteiger partial charge in [0.2, 0.25) is 0 Å². The van der Waals surface area contributed by atoms with Crippen molar-refractivity contribution in [1.82, 2.24) is 4.90 Å². The van der Waals surface area contributed by atoms with Gasteiger partial charge in [-0.3, -0.25) is 4.90 Å². The van der Waals surface area contributed by atoms with Crippen LogP contribution in [0.4, 0.5) is 0 Å². The van der Waals surface area contributed by atoms with Crippen LogP contribution >= 0.6 is 0 Å². The van der Waals surface area contributed by atoms with Gasteiger partial charge in [0.05, 0.1) is 13.2 Å². The van der Waals surface area contributed by atoms with Gasteiger partial charge in [-0.15, -0.1) is 0 Å². The number of morpholine rings is 1. The van der Waals surface area contributed by atoms with Gasteiger partial charge in [0.15, 0.2) is 0 Å². The molecule has 0 saturated carbocycles. The molecule has 0 amide bonds. The molecule has 2 N–H and O–H groups in total. The van der Waals surface area contributed by atoms with Crippen molar-refractivity contribution in [2.45, 2.75) is 32.4 Å². The number of hydrogen-bond donors (Lipinski definition) is 1. The number of ether oxygens (including phenoxy) is 1. The van der Waals surface area contributed by atoms with Crippen LogP contribution in [0.3, 0.4) is 0 Å². The quantitative estimate of drug-likeness (QED) is 0.657. The maximum Gasteiger partial charge on any atom is 0.0619 e. The summed E-state index contributed by atoms with van der Waals surface area (Å²) >= 11 is 0. The fraction of sp³-hybridized carbons (Fsp3) is 1.00. The third kappa shape index (κ3) is 3.09. The van der Waals surface area contributed by atoms with Gasteiger partial charge in [-0.05, 0) is 20.8 Å². The summed E-state index contributed by atoms with van der Waals surface area (Å²) in [5.41, 5.74) is 5.85. The Hall–Kier alpha value is -0.120. The van der Waals surface area contributed by atoms with E-state index in [1.165, 1.54) is 0 Å². The van der Waals surface area contributed by atoms with Crippen LogP contribution in [0.1, 0.15) is 20.8 Å². The highest BCUT2D eigenvalue weighted by Gasteiger charge is 2.23. The molecule has 3 nitrogen and oxygen atoms in total. The SMILES string of the molecule is CC1COCCN1CC(C)(C)N. The molecule has 72 valence electrons. The number of nitrogens with zero attached hydrogens (tertiary/aromatic N) is 1. The first-order valence-electron chi connectivity index (χ1n) is 4.60. The Kier molecular flexibility index (Phi) is 3.09. The van der Waals surface area contributed by atoms with Crippen LogP contribution in [-0.4, -0.2) is 42.8 Å². The first-order chi connectivity index (χ1) is 5.49. The Morgan fingerprint density at radius 1 is 1.58 bits per heavy atom. The van der Waals surface area contributed by atoms with Gasteiger partial charge in [-0.25, -0.2) is 0 Å². The molecular formula is C9H20N2O. The third-order valence-electron chi connectivity index (χ3n) is 2.12. The van der Waals surface area contributed by atoms with Gasteiger partial charge in [-0.1, -0.05) is 0 Å². The molecule has 12 heavy (non-hydrogen) atoms. The molecule has 1 fully saturated rings. The Bertz CT molecular complexity index is 142. The van der Waals surface area contributed by atoms with E-state index in [2.05, 4.69) is 25.7 Å². The number of rotatable bonds is 2. The summed E-state index contributed by atoms with van der Waals surface area (Å²) in [6.45, 7) is 9.98. The lowest BCUT2D eigenvalue weighted by Gasteiger charge is -2.37. The largest absolute Gasteiger partial charge is 0.379 e. The average molecular weight is 172 g/mol. The molecule has 1 atom stereocenters. The smallest absolute Gasteiger partial charge is 0.0619 e. The van der Waals surface area contributed by atoms with E-state index < -0.39 is 0 Å². The summed E-state index contributed by atoms with van der Waals surface area (Å²) in [4.78, 5) is 2.39. The highest BCUT2D eigenvalue weighted by molar-refractivity contribution is 4.81. The minimum atomic E-state index is -0.0917. The van der Waals surface area contributed by atoms with Crippen molar-refractivity contribution >= 4 is 0 Å². The number of nitrogens with two attached hydrogens (primary N) is 1. The fourth-order valence-corrected chi connectivity index (χ4v) is 1.52. The molecular weight excluding hydrogens is 152 g/mol. The van der Waals surface area contributed by atoms with Crippen molar-refractivity contribution < 1.29 is 4.74 Å². The molecule has 0 aliphatic carbocycles. The Morgan fingerprint density at radius 2 is 2.25 bits per heavy atom. The van der Waals surface area contributed by atoms with E-state index >= 15 is 0 Å². The predicted octanol–water partition coefficient (Wildman–Crippen LogP) is 0.444. The minimum Gasteiger partial charge on any atom is -0.379 e. The van der Waals surface area contributed by atoms with Crippen LogP contribution < -0.4 is 5.73 Å². The van der Waals surface area contributed by atoms with Crippen molar-refractivity contribution in [2.75, 3.05) is 26.3 Å². The first-order valence-corrected chi connectivity index (χ1v) is 4.60. The first kappa shape index (κ1) is 9.96. The average Bonchev–Trinajstić information content (AvgIpc) is 1.91. The molecule has 1 aliphatic rings. The van der Waals surface area contributed by atoms with Crippen molar-refractivity contribution in [3.63, 3.8) is 0 Å². The van der Waals surface area contributed by atoms with Crippen LogP contribution in [0, 0.1) is 0 Å². The summed E-state index contributed by atoms with van der Waals surface area (Å²) in [6.07, 6.45) is 0. The summed E-state index contributed by atoms with van der Waals surface area (Å²) in [7, 11) is 0. The van der Waals surface area contributed by atoms with Crippen LogP contribution in [0.15, 0.2) is 0 Å². The molecule has 0 bridgehead atoms. The molecule has 0 spiro atoms. The monoisotopic (exact) mass is 172 g/mol. The van der Waals surface area contributed by atoms with E-state index in [1.54, 1.807) is 0 Å². The second-order valence-electron chi connectivity index (χ2n) is 4.38. The normalized spacial score (nSPS) is 27.5. The van der Waals surface area contributed by atoms with E-state index in [4.69, 9.17) is 10.5 Å². The van der Waals surface area contributed by atoms with E-state index in [-0.39, 0.29) is 5.54 Å². The van der Waals surface area contributed by atoms with Crippen LogP contribution in [0.2, 0.25) is 0 Å². The second-order valence-corrected chi connectivity index (χ2v) is 4.38. The van der Waals surface area contributed by atoms with Crippen LogP contribution in [-0.2, 0) is 4.74 Å². The highest BCUT2D eigenvalue weighted by Crippen LogP contribution is 2.09. The summed E-state index contributed by atoms with van der Waals surface area (Å²) < 4.78 is 5.34. The van der Waals surface area contributed by atoms with E-state index in [1.807, 2.05) is 0 Å². The molecule has 1 aliphatic heterocycles. The van der Waals surface area contributed by atoms with Gasteiger partial charge >= 0.3 is 0 Å². The van der Waals surface area contributed by atoms with Gasteiger partial charge in [0, 0.05) is 24.7 Å². The minimum absolute atomic E-state index is 0.0917. The molecule has 0 aromatic heterocycles. The van der Waals surface area contributed by atoms with Crippen molar-refractivity contribution in [3.05, 3.63) is 0 Å². The molecule has 1 rings (SSSR count). The molecule has 1 heterocycles. The molecule has 0 aromatic carbocycles. The lowest BCUT2D eigenvalue weighted by Crippen LogP contribution is -2.52. The molecule has 0 aromatic rings. The van der Waals surface area contributed by atoms with Gasteiger partial charge < -0.3 is 10.5 Å². The summed E-state index contributed by atoms with van der Waals surface area (Å²) in [5.74, 6) is 0. The molecule has 1 saturated heterocycles. The maximum absolute atomic E-state index is 5.95. The van der Waals surface area contributed by atoms with Gasteiger partial charge in [0.1, 0.15) is 0 Å². The summed E-state index contributed by atoms with van der Waals surface area (Å²) in [5, 5.41) is 0. The van der Waals surface area contributed by atoms with Crippen LogP contribution in [0.25, 0.3) is 0 Å². The second kappa shape index (κ2) is 3.73. The Labute approximate surface area is 74.9 Å². The van der Waals surface area contributed by atoms with Gasteiger partial charge in [0.25, 0.3) is 0 Å². The van der Waals surface area contributed by atoms with Crippen molar-refractivity contribution in [1.29, 1.82) is 0 Å². The fourth-order valence-electron chi connectivity index (χ4n) is 1.52. The Balaban J connectivity index is 2.39.